The molecule has 1 aromatic carbocycles. The fraction of sp³-hybridized carbons (Fsp3) is 0. The lowest BCUT2D eigenvalue weighted by Crippen LogP contribution is -2.34. The number of fused-ring (bicyclic) bond motifs is 1. The average Bonchev–Trinajstić information content (AvgIpc) is 2.83. The summed E-state index contributed by atoms with van der Waals surface area (Å²) in [5.74, 6) is -1.14. The molecule has 3 rings (SSSR count). The van der Waals surface area contributed by atoms with Crippen LogP contribution in [0.5, 0.6) is 5.75 Å². The van der Waals surface area contributed by atoms with Crippen LogP contribution in [0, 0.1) is 5.95 Å². The van der Waals surface area contributed by atoms with E-state index in [1.807, 2.05) is 0 Å². The molecule has 2 aromatic heterocycles. The Balaban J connectivity index is 1.92. The fourth-order valence-electron chi connectivity index (χ4n) is 1.98. The summed E-state index contributed by atoms with van der Waals surface area (Å²) < 4.78 is 45.9. The van der Waals surface area contributed by atoms with Gasteiger partial charge in [-0.2, -0.15) is 17.8 Å². The van der Waals surface area contributed by atoms with Gasteiger partial charge in [0.05, 0.1) is 5.02 Å². The Bertz CT molecular complexity index is 1020. The van der Waals surface area contributed by atoms with Crippen molar-refractivity contribution in [2.24, 2.45) is 0 Å². The van der Waals surface area contributed by atoms with Gasteiger partial charge >= 0.3 is 6.09 Å². The van der Waals surface area contributed by atoms with Crippen molar-refractivity contribution < 1.29 is 22.3 Å². The third-order valence-corrected chi connectivity index (χ3v) is 4.46. The molecule has 7 nitrogen and oxygen atoms in total. The standard InChI is InChI=1S/C14H9ClFN3O4S/c15-9-6-7-11-17-12(16)13(19(11)8-9)24(21,22)18-14(20)23-10-4-2-1-3-5-10/h1-8H,(H,18,20). The molecule has 0 saturated carbocycles. The zero-order chi connectivity index (χ0) is 17.3. The van der Waals surface area contributed by atoms with Gasteiger partial charge in [-0.15, -0.1) is 0 Å². The van der Waals surface area contributed by atoms with Gasteiger partial charge < -0.3 is 4.74 Å². The summed E-state index contributed by atoms with van der Waals surface area (Å²) in [6, 6.07) is 10.6. The molecule has 0 bridgehead atoms. The van der Waals surface area contributed by atoms with Crippen molar-refractivity contribution >= 4 is 33.4 Å². The fourth-order valence-corrected chi connectivity index (χ4v) is 3.17. The number of halogens is 2. The first kappa shape index (κ1) is 16.2. The number of hydrogen-bond donors (Lipinski definition) is 1. The summed E-state index contributed by atoms with van der Waals surface area (Å²) in [5, 5.41) is -0.673. The van der Waals surface area contributed by atoms with Crippen LogP contribution in [0.4, 0.5) is 9.18 Å². The number of amides is 1. The van der Waals surface area contributed by atoms with Gasteiger partial charge in [0.15, 0.2) is 0 Å². The van der Waals surface area contributed by atoms with Crippen LogP contribution < -0.4 is 9.46 Å². The van der Waals surface area contributed by atoms with Crippen molar-refractivity contribution in [1.82, 2.24) is 14.1 Å². The molecule has 0 atom stereocenters. The van der Waals surface area contributed by atoms with Gasteiger partial charge in [0.25, 0.3) is 16.0 Å². The van der Waals surface area contributed by atoms with E-state index in [2.05, 4.69) is 4.98 Å². The molecule has 3 aromatic rings. The van der Waals surface area contributed by atoms with Gasteiger partial charge in [-0.1, -0.05) is 29.8 Å². The van der Waals surface area contributed by atoms with E-state index in [-0.39, 0.29) is 16.4 Å². The second-order valence-corrected chi connectivity index (χ2v) is 6.63. The number of ether oxygens (including phenoxy) is 1. The number of hydrogen-bond acceptors (Lipinski definition) is 5. The molecule has 0 aliphatic heterocycles. The lowest BCUT2D eigenvalue weighted by atomic mass is 10.3. The lowest BCUT2D eigenvalue weighted by Gasteiger charge is -2.07. The van der Waals surface area contributed by atoms with E-state index in [0.29, 0.717) is 0 Å². The third-order valence-electron chi connectivity index (χ3n) is 2.92. The Morgan fingerprint density at radius 3 is 2.62 bits per heavy atom. The molecule has 1 amide bonds. The number of nitrogens with one attached hydrogen (secondary N) is 1. The van der Waals surface area contributed by atoms with Crippen LogP contribution in [0.2, 0.25) is 5.02 Å². The largest absolute Gasteiger partial charge is 0.426 e. The first-order chi connectivity index (χ1) is 11.4. The Labute approximate surface area is 140 Å². The maximum atomic E-state index is 14.0. The number of sulfonamides is 1. The van der Waals surface area contributed by atoms with Crippen LogP contribution in [-0.2, 0) is 10.0 Å². The minimum absolute atomic E-state index is 0.0219. The zero-order valence-electron chi connectivity index (χ0n) is 11.8. The minimum Gasteiger partial charge on any atom is -0.410 e. The number of rotatable bonds is 3. The molecule has 0 fully saturated rings. The highest BCUT2D eigenvalue weighted by Gasteiger charge is 2.28. The molecule has 0 aliphatic carbocycles. The first-order valence-electron chi connectivity index (χ1n) is 6.49. The number of para-hydroxylation sites is 1. The molecule has 0 spiro atoms. The van der Waals surface area contributed by atoms with E-state index in [1.165, 1.54) is 30.5 Å². The summed E-state index contributed by atoms with van der Waals surface area (Å²) >= 11 is 5.79. The Hall–Kier alpha value is -2.65. The molecular formula is C14H9ClFN3O4S. The van der Waals surface area contributed by atoms with Crippen molar-refractivity contribution in [3.8, 4) is 5.75 Å². The van der Waals surface area contributed by atoms with Crippen molar-refractivity contribution in [2.75, 3.05) is 0 Å². The van der Waals surface area contributed by atoms with Gasteiger partial charge in [0.1, 0.15) is 11.4 Å². The van der Waals surface area contributed by atoms with Crippen molar-refractivity contribution in [3.63, 3.8) is 0 Å². The van der Waals surface area contributed by atoms with E-state index in [0.717, 1.165) is 4.40 Å². The normalized spacial score (nSPS) is 11.4. The summed E-state index contributed by atoms with van der Waals surface area (Å²) in [7, 11) is -4.57. The topological polar surface area (TPSA) is 89.8 Å². The lowest BCUT2D eigenvalue weighted by molar-refractivity contribution is 0.206. The van der Waals surface area contributed by atoms with Gasteiger partial charge in [0.2, 0.25) is 5.03 Å². The second kappa shape index (κ2) is 6.10. The minimum atomic E-state index is -4.57. The van der Waals surface area contributed by atoms with Gasteiger partial charge in [-0.05, 0) is 24.3 Å². The van der Waals surface area contributed by atoms with Crippen molar-refractivity contribution in [2.45, 2.75) is 5.03 Å². The SMILES string of the molecule is O=C(NS(=O)(=O)c1c(F)nc2ccc(Cl)cn12)Oc1ccccc1. The molecule has 0 aliphatic rings. The van der Waals surface area contributed by atoms with Gasteiger partial charge in [-0.25, -0.2) is 9.52 Å². The van der Waals surface area contributed by atoms with Crippen LogP contribution in [0.3, 0.4) is 0 Å². The predicted octanol–water partition coefficient (Wildman–Crippen LogP) is 2.60. The molecule has 0 radical (unpaired) electrons. The molecular weight excluding hydrogens is 361 g/mol. The number of carbonyl (C=O) groups is 1. The molecule has 10 heteroatoms. The predicted molar refractivity (Wildman–Crippen MR) is 82.9 cm³/mol. The van der Waals surface area contributed by atoms with Crippen LogP contribution in [0.25, 0.3) is 5.65 Å². The number of nitrogens with zero attached hydrogens (tertiary/aromatic N) is 2. The number of aromatic nitrogens is 2. The number of pyridine rings is 1. The molecule has 24 heavy (non-hydrogen) atoms. The molecule has 1 N–H and O–H groups in total. The van der Waals surface area contributed by atoms with E-state index < -0.39 is 27.1 Å². The van der Waals surface area contributed by atoms with Crippen molar-refractivity contribution in [1.29, 1.82) is 0 Å². The summed E-state index contributed by atoms with van der Waals surface area (Å²) in [5.41, 5.74) is 0.0219. The Kier molecular flexibility index (Phi) is 4.12. The molecule has 124 valence electrons. The second-order valence-electron chi connectivity index (χ2n) is 4.59. The average molecular weight is 370 g/mol. The summed E-state index contributed by atoms with van der Waals surface area (Å²) in [6.07, 6.45) is -0.109. The van der Waals surface area contributed by atoms with Crippen molar-refractivity contribution in [3.05, 3.63) is 59.6 Å². The smallest absolute Gasteiger partial charge is 0.410 e. The monoisotopic (exact) mass is 369 g/mol. The molecule has 0 unspecified atom stereocenters. The Morgan fingerprint density at radius 2 is 1.92 bits per heavy atom. The summed E-state index contributed by atoms with van der Waals surface area (Å²) in [4.78, 5) is 15.2. The highest BCUT2D eigenvalue weighted by atomic mass is 35.5. The van der Waals surface area contributed by atoms with Crippen LogP contribution >= 0.6 is 11.6 Å². The zero-order valence-corrected chi connectivity index (χ0v) is 13.4. The number of carbonyl (C=O) groups excluding carboxylic acids is 1. The van der Waals surface area contributed by atoms with E-state index in [4.69, 9.17) is 16.3 Å². The van der Waals surface area contributed by atoms with Gasteiger partial charge in [0, 0.05) is 6.20 Å². The maximum Gasteiger partial charge on any atom is 0.426 e. The van der Waals surface area contributed by atoms with Gasteiger partial charge in [-0.3, -0.25) is 4.40 Å². The highest BCUT2D eigenvalue weighted by Crippen LogP contribution is 2.20. The molecule has 2 heterocycles. The van der Waals surface area contributed by atoms with E-state index in [9.17, 15) is 17.6 Å². The summed E-state index contributed by atoms with van der Waals surface area (Å²) in [6.45, 7) is 0. The van der Waals surface area contributed by atoms with Crippen LogP contribution in [-0.4, -0.2) is 23.9 Å². The Morgan fingerprint density at radius 1 is 1.21 bits per heavy atom. The van der Waals surface area contributed by atoms with E-state index in [1.54, 1.807) is 22.9 Å². The van der Waals surface area contributed by atoms with Crippen LogP contribution in [0.15, 0.2) is 53.7 Å². The molecule has 0 saturated heterocycles. The maximum absolute atomic E-state index is 14.0. The number of imidazole rings is 1. The van der Waals surface area contributed by atoms with Crippen LogP contribution in [0.1, 0.15) is 0 Å². The van der Waals surface area contributed by atoms with E-state index >= 15 is 0 Å². The quantitative estimate of drug-likeness (QED) is 0.766. The highest BCUT2D eigenvalue weighted by molar-refractivity contribution is 7.90. The first-order valence-corrected chi connectivity index (χ1v) is 8.36. The third kappa shape index (κ3) is 3.17. The number of benzene rings is 1.